The summed E-state index contributed by atoms with van der Waals surface area (Å²) >= 11 is 0. The Morgan fingerprint density at radius 3 is 2.15 bits per heavy atom. The maximum absolute atomic E-state index is 12.9. The van der Waals surface area contributed by atoms with Crippen LogP contribution in [-0.4, -0.2) is 42.6 Å². The molecule has 0 saturated carbocycles. The van der Waals surface area contributed by atoms with E-state index in [-0.39, 0.29) is 12.5 Å². The van der Waals surface area contributed by atoms with Crippen molar-refractivity contribution in [2.24, 2.45) is 25.9 Å². The molecule has 150 valence electrons. The van der Waals surface area contributed by atoms with Crippen LogP contribution in [0.1, 0.15) is 40.5 Å². The van der Waals surface area contributed by atoms with E-state index in [9.17, 15) is 14.4 Å². The van der Waals surface area contributed by atoms with E-state index in [0.717, 1.165) is 17.4 Å². The average molecular weight is 377 g/mol. The van der Waals surface area contributed by atoms with Crippen LogP contribution in [0.3, 0.4) is 0 Å². The lowest BCUT2D eigenvalue weighted by atomic mass is 10.1. The van der Waals surface area contributed by atoms with Crippen LogP contribution < -0.4 is 11.2 Å². The first-order chi connectivity index (χ1) is 12.6. The Bertz CT molecular complexity index is 908. The van der Waals surface area contributed by atoms with Crippen LogP contribution in [0.4, 0.5) is 0 Å². The molecule has 2 heterocycles. The van der Waals surface area contributed by atoms with E-state index >= 15 is 0 Å². The molecule has 0 aliphatic rings. The number of aryl methyl sites for hydroxylation is 2. The quantitative estimate of drug-likeness (QED) is 0.695. The maximum atomic E-state index is 12.9. The highest BCUT2D eigenvalue weighted by molar-refractivity contribution is 5.76. The van der Waals surface area contributed by atoms with Crippen LogP contribution in [0.2, 0.25) is 0 Å². The van der Waals surface area contributed by atoms with Crippen molar-refractivity contribution >= 4 is 17.1 Å². The molecule has 0 atom stereocenters. The summed E-state index contributed by atoms with van der Waals surface area (Å²) in [4.78, 5) is 44.2. The molecule has 1 amide bonds. The first-order valence-corrected chi connectivity index (χ1v) is 9.52. The molecule has 0 aliphatic carbocycles. The van der Waals surface area contributed by atoms with E-state index in [2.05, 4.69) is 32.7 Å². The van der Waals surface area contributed by atoms with Crippen molar-refractivity contribution in [1.82, 2.24) is 23.6 Å². The van der Waals surface area contributed by atoms with E-state index in [1.54, 1.807) is 23.6 Å². The largest absolute Gasteiger partial charge is 0.341 e. The summed E-state index contributed by atoms with van der Waals surface area (Å²) in [5.74, 6) is 0.749. The predicted molar refractivity (Wildman–Crippen MR) is 106 cm³/mol. The van der Waals surface area contributed by atoms with Crippen molar-refractivity contribution in [3.05, 3.63) is 27.2 Å². The summed E-state index contributed by atoms with van der Waals surface area (Å²) in [6, 6.07) is 0. The third-order valence-electron chi connectivity index (χ3n) is 4.80. The Kier molecular flexibility index (Phi) is 6.62. The van der Waals surface area contributed by atoms with Gasteiger partial charge < -0.3 is 9.47 Å². The first kappa shape index (κ1) is 20.9. The minimum atomic E-state index is -0.521. The van der Waals surface area contributed by atoms with Crippen LogP contribution in [0, 0.1) is 11.8 Å². The van der Waals surface area contributed by atoms with Crippen LogP contribution >= 0.6 is 0 Å². The minimum Gasteiger partial charge on any atom is -0.341 e. The van der Waals surface area contributed by atoms with Crippen molar-refractivity contribution in [3.63, 3.8) is 0 Å². The molecule has 0 aliphatic heterocycles. The Labute approximate surface area is 159 Å². The molecule has 0 fully saturated rings. The van der Waals surface area contributed by atoms with Gasteiger partial charge in [0.15, 0.2) is 11.2 Å². The molecule has 27 heavy (non-hydrogen) atoms. The highest BCUT2D eigenvalue weighted by atomic mass is 16.2. The lowest BCUT2D eigenvalue weighted by molar-refractivity contribution is -0.132. The van der Waals surface area contributed by atoms with E-state index in [4.69, 9.17) is 0 Å². The van der Waals surface area contributed by atoms with Gasteiger partial charge in [-0.1, -0.05) is 27.7 Å². The number of hydrogen-bond acceptors (Lipinski definition) is 4. The number of carbonyl (C=O) groups excluding carboxylic acids is 1. The van der Waals surface area contributed by atoms with E-state index in [0.29, 0.717) is 36.1 Å². The Hall–Kier alpha value is -2.38. The molecule has 0 spiro atoms. The van der Waals surface area contributed by atoms with Gasteiger partial charge in [0.1, 0.15) is 6.54 Å². The molecular formula is C19H31N5O3. The topological polar surface area (TPSA) is 82.1 Å². The van der Waals surface area contributed by atoms with Crippen molar-refractivity contribution in [3.8, 4) is 0 Å². The monoisotopic (exact) mass is 377 g/mol. The lowest BCUT2D eigenvalue weighted by Gasteiger charge is -2.25. The molecule has 8 nitrogen and oxygen atoms in total. The summed E-state index contributed by atoms with van der Waals surface area (Å²) in [7, 11) is 3.26. The molecule has 2 rings (SSSR count). The van der Waals surface area contributed by atoms with Crippen LogP contribution in [0.25, 0.3) is 11.2 Å². The number of imidazole rings is 1. The minimum absolute atomic E-state index is 0.197. The highest BCUT2D eigenvalue weighted by Gasteiger charge is 2.20. The van der Waals surface area contributed by atoms with E-state index < -0.39 is 11.2 Å². The smallest absolute Gasteiger partial charge is 0.332 e. The van der Waals surface area contributed by atoms with Gasteiger partial charge in [-0.05, 0) is 24.7 Å². The number of carbonyl (C=O) groups is 1. The van der Waals surface area contributed by atoms with Crippen LogP contribution in [0.5, 0.6) is 0 Å². The number of rotatable bonds is 8. The fourth-order valence-electron chi connectivity index (χ4n) is 2.96. The average Bonchev–Trinajstić information content (AvgIpc) is 2.98. The van der Waals surface area contributed by atoms with Crippen molar-refractivity contribution < 1.29 is 4.79 Å². The van der Waals surface area contributed by atoms with Gasteiger partial charge in [-0.3, -0.25) is 14.2 Å². The Morgan fingerprint density at radius 1 is 1.07 bits per heavy atom. The molecule has 0 radical (unpaired) electrons. The molecule has 0 unspecified atom stereocenters. The molecular weight excluding hydrogens is 346 g/mol. The molecule has 0 saturated heterocycles. The van der Waals surface area contributed by atoms with Crippen LogP contribution in [-0.2, 0) is 25.4 Å². The zero-order valence-electron chi connectivity index (χ0n) is 17.2. The van der Waals surface area contributed by atoms with Gasteiger partial charge in [0.2, 0.25) is 5.91 Å². The summed E-state index contributed by atoms with van der Waals surface area (Å²) in [6.45, 7) is 9.47. The summed E-state index contributed by atoms with van der Waals surface area (Å²) in [5.41, 5.74) is -0.352. The number of aromatic nitrogens is 4. The molecule has 0 aromatic carbocycles. The third-order valence-corrected chi connectivity index (χ3v) is 4.80. The fourth-order valence-corrected chi connectivity index (χ4v) is 2.96. The second-order valence-corrected chi connectivity index (χ2v) is 8.01. The van der Waals surface area contributed by atoms with Crippen molar-refractivity contribution in [2.45, 2.75) is 47.1 Å². The molecule has 2 aromatic rings. The van der Waals surface area contributed by atoms with Gasteiger partial charge >= 0.3 is 5.69 Å². The highest BCUT2D eigenvalue weighted by Crippen LogP contribution is 2.08. The number of fused-ring (bicyclic) bond motifs is 1. The molecule has 0 N–H and O–H groups in total. The Balaban J connectivity index is 2.34. The Morgan fingerprint density at radius 2 is 1.63 bits per heavy atom. The third kappa shape index (κ3) is 4.67. The van der Waals surface area contributed by atoms with Gasteiger partial charge in [0.05, 0.1) is 6.33 Å². The second-order valence-electron chi connectivity index (χ2n) is 8.01. The number of nitrogens with zero attached hydrogens (tertiary/aromatic N) is 5. The van der Waals surface area contributed by atoms with Gasteiger partial charge in [-0.2, -0.15) is 0 Å². The maximum Gasteiger partial charge on any atom is 0.332 e. The summed E-state index contributed by atoms with van der Waals surface area (Å²) < 4.78 is 3.91. The zero-order valence-corrected chi connectivity index (χ0v) is 17.2. The van der Waals surface area contributed by atoms with Crippen molar-refractivity contribution in [1.29, 1.82) is 0 Å². The van der Waals surface area contributed by atoms with Gasteiger partial charge in [0.25, 0.3) is 5.56 Å². The van der Waals surface area contributed by atoms with E-state index in [1.807, 2.05) is 0 Å². The number of hydrogen-bond donors (Lipinski definition) is 0. The molecule has 0 bridgehead atoms. The van der Waals surface area contributed by atoms with Gasteiger partial charge in [-0.25, -0.2) is 14.3 Å². The second kappa shape index (κ2) is 8.54. The molecule has 2 aromatic heterocycles. The molecule has 8 heteroatoms. The summed E-state index contributed by atoms with van der Waals surface area (Å²) in [5, 5.41) is 0. The van der Waals surface area contributed by atoms with Gasteiger partial charge in [0, 0.05) is 27.2 Å². The normalized spacial score (nSPS) is 11.7. The lowest BCUT2D eigenvalue weighted by Crippen LogP contribution is -2.45. The van der Waals surface area contributed by atoms with Crippen LogP contribution in [0.15, 0.2) is 15.9 Å². The SMILES string of the molecule is CC(C)CCN(CCC(C)C)C(=O)Cn1c(=O)c2c(ncn2C)n(C)c1=O. The number of amides is 1. The standard InChI is InChI=1S/C19H31N5O3/c1-13(2)7-9-23(10-8-14(3)4)15(25)11-24-18(26)16-17(20-12-21(16)5)22(6)19(24)27/h12-14H,7-11H2,1-6H3. The summed E-state index contributed by atoms with van der Waals surface area (Å²) in [6.07, 6.45) is 3.27. The first-order valence-electron chi connectivity index (χ1n) is 9.52. The predicted octanol–water partition coefficient (Wildman–Crippen LogP) is 1.35. The zero-order chi connectivity index (χ0) is 20.3. The van der Waals surface area contributed by atoms with E-state index in [1.165, 1.54) is 10.9 Å². The van der Waals surface area contributed by atoms with Crippen molar-refractivity contribution in [2.75, 3.05) is 13.1 Å². The fraction of sp³-hybridized carbons (Fsp3) is 0.684. The van der Waals surface area contributed by atoms with Gasteiger partial charge in [-0.15, -0.1) is 0 Å².